The highest BCUT2D eigenvalue weighted by Crippen LogP contribution is 2.32. The molecule has 0 spiro atoms. The first kappa shape index (κ1) is 12.6. The first-order valence-electron chi connectivity index (χ1n) is 5.25. The normalized spacial score (nSPS) is 10.1. The molecule has 0 radical (unpaired) electrons. The van der Waals surface area contributed by atoms with E-state index in [0.29, 0.717) is 5.75 Å². The van der Waals surface area contributed by atoms with E-state index in [0.717, 1.165) is 10.0 Å². The number of rotatable bonds is 3. The predicted octanol–water partition coefficient (Wildman–Crippen LogP) is 4.46. The number of ether oxygens (including phenoxy) is 1. The number of hydrogen-bond acceptors (Lipinski definition) is 3. The number of hydrogen-bond donors (Lipinski definition) is 0. The summed E-state index contributed by atoms with van der Waals surface area (Å²) in [7, 11) is 0. The molecule has 92 valence electrons. The van der Waals surface area contributed by atoms with Gasteiger partial charge < -0.3 is 4.74 Å². The molecule has 2 aromatic rings. The van der Waals surface area contributed by atoms with Gasteiger partial charge in [0.2, 0.25) is 5.75 Å². The number of nitrogens with zero attached hydrogens (tertiary/aromatic N) is 1. The van der Waals surface area contributed by atoms with Crippen molar-refractivity contribution in [2.45, 2.75) is 6.92 Å². The topological polar surface area (TPSA) is 52.4 Å². The summed E-state index contributed by atoms with van der Waals surface area (Å²) in [5.41, 5.74) is 0.790. The maximum atomic E-state index is 10.9. The zero-order chi connectivity index (χ0) is 13.1. The molecule has 2 aromatic carbocycles. The van der Waals surface area contributed by atoms with E-state index >= 15 is 0 Å². The highest BCUT2D eigenvalue weighted by atomic mass is 79.9. The molecule has 0 saturated heterocycles. The van der Waals surface area contributed by atoms with Crippen molar-refractivity contribution in [3.8, 4) is 11.5 Å². The Morgan fingerprint density at radius 3 is 2.67 bits per heavy atom. The molecule has 0 saturated carbocycles. The first-order valence-corrected chi connectivity index (χ1v) is 6.04. The molecule has 0 heterocycles. The lowest BCUT2D eigenvalue weighted by Crippen LogP contribution is -1.94. The molecule has 2 rings (SSSR count). The Hall–Kier alpha value is -1.88. The second-order valence-corrected chi connectivity index (χ2v) is 4.70. The smallest absolute Gasteiger partial charge is 0.311 e. The van der Waals surface area contributed by atoms with Gasteiger partial charge >= 0.3 is 5.69 Å². The predicted molar refractivity (Wildman–Crippen MR) is 72.0 cm³/mol. The summed E-state index contributed by atoms with van der Waals surface area (Å²) in [5, 5.41) is 10.9. The highest BCUT2D eigenvalue weighted by molar-refractivity contribution is 9.10. The monoisotopic (exact) mass is 307 g/mol. The summed E-state index contributed by atoms with van der Waals surface area (Å²) in [6.45, 7) is 1.80. The van der Waals surface area contributed by atoms with Crippen LogP contribution in [0, 0.1) is 17.0 Å². The minimum atomic E-state index is -0.444. The quantitative estimate of drug-likeness (QED) is 0.621. The van der Waals surface area contributed by atoms with Gasteiger partial charge in [-0.3, -0.25) is 10.1 Å². The van der Waals surface area contributed by atoms with Gasteiger partial charge in [0.05, 0.1) is 4.92 Å². The van der Waals surface area contributed by atoms with Crippen LogP contribution in [0.4, 0.5) is 5.69 Å². The van der Waals surface area contributed by atoms with E-state index in [1.807, 2.05) is 6.07 Å². The third kappa shape index (κ3) is 2.87. The van der Waals surface area contributed by atoms with Gasteiger partial charge in [0.15, 0.2) is 0 Å². The lowest BCUT2D eigenvalue weighted by atomic mass is 10.2. The number of halogens is 1. The molecule has 0 aliphatic carbocycles. The van der Waals surface area contributed by atoms with Crippen molar-refractivity contribution in [1.82, 2.24) is 0 Å². The summed E-state index contributed by atoms with van der Waals surface area (Å²) in [6.07, 6.45) is 0. The Kier molecular flexibility index (Phi) is 3.62. The Morgan fingerprint density at radius 2 is 2.00 bits per heavy atom. The standard InChI is InChI=1S/C13H10BrNO3/c1-9-5-6-13(12(7-9)15(16)17)18-11-4-2-3-10(14)8-11/h2-8H,1H3. The Balaban J connectivity index is 2.37. The second-order valence-electron chi connectivity index (χ2n) is 3.79. The van der Waals surface area contributed by atoms with Crippen molar-refractivity contribution in [3.63, 3.8) is 0 Å². The summed E-state index contributed by atoms with van der Waals surface area (Å²) in [4.78, 5) is 10.5. The summed E-state index contributed by atoms with van der Waals surface area (Å²) in [5.74, 6) is 0.792. The third-order valence-corrected chi connectivity index (χ3v) is 2.83. The highest BCUT2D eigenvalue weighted by Gasteiger charge is 2.15. The minimum Gasteiger partial charge on any atom is -0.450 e. The molecular formula is C13H10BrNO3. The lowest BCUT2D eigenvalue weighted by molar-refractivity contribution is -0.385. The fourth-order valence-corrected chi connectivity index (χ4v) is 1.89. The van der Waals surface area contributed by atoms with Crippen LogP contribution in [0.25, 0.3) is 0 Å². The van der Waals surface area contributed by atoms with E-state index in [-0.39, 0.29) is 11.4 Å². The number of benzene rings is 2. The van der Waals surface area contributed by atoms with Gasteiger partial charge in [0, 0.05) is 10.5 Å². The fourth-order valence-electron chi connectivity index (χ4n) is 1.51. The van der Waals surface area contributed by atoms with Crippen LogP contribution in [0.1, 0.15) is 5.56 Å². The summed E-state index contributed by atoms with van der Waals surface area (Å²) < 4.78 is 6.39. The molecule has 0 fully saturated rings. The Morgan fingerprint density at radius 1 is 1.22 bits per heavy atom. The van der Waals surface area contributed by atoms with Crippen LogP contribution in [-0.4, -0.2) is 4.92 Å². The fraction of sp³-hybridized carbons (Fsp3) is 0.0769. The van der Waals surface area contributed by atoms with Crippen LogP contribution in [0.2, 0.25) is 0 Å². The molecule has 0 bridgehead atoms. The molecule has 0 aliphatic rings. The van der Waals surface area contributed by atoms with Gasteiger partial charge in [-0.15, -0.1) is 0 Å². The average molecular weight is 308 g/mol. The zero-order valence-corrected chi connectivity index (χ0v) is 11.2. The molecule has 0 atom stereocenters. The molecule has 5 heteroatoms. The number of nitro groups is 1. The number of nitro benzene ring substituents is 1. The molecule has 0 aromatic heterocycles. The third-order valence-electron chi connectivity index (χ3n) is 2.34. The van der Waals surface area contributed by atoms with Crippen LogP contribution in [0.15, 0.2) is 46.9 Å². The Labute approximate surface area is 112 Å². The SMILES string of the molecule is Cc1ccc(Oc2cccc(Br)c2)c([N+](=O)[O-])c1. The van der Waals surface area contributed by atoms with Crippen molar-refractivity contribution in [2.75, 3.05) is 0 Å². The van der Waals surface area contributed by atoms with Crippen LogP contribution in [-0.2, 0) is 0 Å². The largest absolute Gasteiger partial charge is 0.450 e. The van der Waals surface area contributed by atoms with Gasteiger partial charge in [-0.2, -0.15) is 0 Å². The van der Waals surface area contributed by atoms with Crippen molar-refractivity contribution >= 4 is 21.6 Å². The van der Waals surface area contributed by atoms with Crippen LogP contribution < -0.4 is 4.74 Å². The average Bonchev–Trinajstić information content (AvgIpc) is 2.31. The molecule has 0 amide bonds. The van der Waals surface area contributed by atoms with E-state index in [4.69, 9.17) is 4.74 Å². The van der Waals surface area contributed by atoms with Gasteiger partial charge in [-0.1, -0.05) is 28.1 Å². The molecule has 0 unspecified atom stereocenters. The van der Waals surface area contributed by atoms with Gasteiger partial charge in [0.25, 0.3) is 0 Å². The van der Waals surface area contributed by atoms with E-state index in [1.165, 1.54) is 6.07 Å². The van der Waals surface area contributed by atoms with E-state index < -0.39 is 4.92 Å². The summed E-state index contributed by atoms with van der Waals surface area (Å²) in [6, 6.07) is 12.0. The van der Waals surface area contributed by atoms with Crippen molar-refractivity contribution in [1.29, 1.82) is 0 Å². The van der Waals surface area contributed by atoms with Crippen molar-refractivity contribution in [3.05, 3.63) is 62.6 Å². The van der Waals surface area contributed by atoms with E-state index in [1.54, 1.807) is 37.3 Å². The minimum absolute atomic E-state index is 0.0324. The molecule has 0 aliphatic heterocycles. The molecular weight excluding hydrogens is 298 g/mol. The van der Waals surface area contributed by atoms with Gasteiger partial charge in [-0.05, 0) is 36.8 Å². The van der Waals surface area contributed by atoms with Gasteiger partial charge in [-0.25, -0.2) is 0 Å². The maximum Gasteiger partial charge on any atom is 0.311 e. The maximum absolute atomic E-state index is 10.9. The Bertz CT molecular complexity index is 599. The molecule has 4 nitrogen and oxygen atoms in total. The van der Waals surface area contributed by atoms with E-state index in [9.17, 15) is 10.1 Å². The van der Waals surface area contributed by atoms with Crippen molar-refractivity contribution < 1.29 is 9.66 Å². The van der Waals surface area contributed by atoms with Crippen LogP contribution in [0.3, 0.4) is 0 Å². The lowest BCUT2D eigenvalue weighted by Gasteiger charge is -2.07. The summed E-state index contributed by atoms with van der Waals surface area (Å²) >= 11 is 3.32. The van der Waals surface area contributed by atoms with Crippen LogP contribution in [0.5, 0.6) is 11.5 Å². The second kappa shape index (κ2) is 5.18. The first-order chi connectivity index (χ1) is 8.56. The number of aryl methyl sites for hydroxylation is 1. The van der Waals surface area contributed by atoms with Crippen molar-refractivity contribution in [2.24, 2.45) is 0 Å². The molecule has 18 heavy (non-hydrogen) atoms. The van der Waals surface area contributed by atoms with Crippen LogP contribution >= 0.6 is 15.9 Å². The van der Waals surface area contributed by atoms with Gasteiger partial charge in [0.1, 0.15) is 5.75 Å². The molecule has 0 N–H and O–H groups in total. The zero-order valence-electron chi connectivity index (χ0n) is 9.59. The van der Waals surface area contributed by atoms with E-state index in [2.05, 4.69) is 15.9 Å².